The molecule has 7 nitrogen and oxygen atoms in total. The Hall–Kier alpha value is -2.97. The topological polar surface area (TPSA) is 93.3 Å². The molecule has 2 aromatic carbocycles. The number of methoxy groups -OCH3 is 2. The number of anilines is 1. The number of hydrogen-bond donors (Lipinski definition) is 2. The molecule has 0 spiro atoms. The van der Waals surface area contributed by atoms with Gasteiger partial charge in [-0.25, -0.2) is 4.98 Å². The van der Waals surface area contributed by atoms with E-state index in [4.69, 9.17) is 21.1 Å². The Kier molecular flexibility index (Phi) is 6.20. The first-order valence-corrected chi connectivity index (χ1v) is 10.9. The summed E-state index contributed by atoms with van der Waals surface area (Å²) in [6.07, 6.45) is 0.141. The molecule has 1 unspecified atom stereocenters. The lowest BCUT2D eigenvalue weighted by atomic mass is 9.86. The third kappa shape index (κ3) is 4.55. The lowest BCUT2D eigenvalue weighted by Crippen LogP contribution is -2.31. The predicted molar refractivity (Wildman–Crippen MR) is 121 cm³/mol. The van der Waals surface area contributed by atoms with Gasteiger partial charge in [0.25, 0.3) is 5.56 Å². The van der Waals surface area contributed by atoms with Crippen molar-refractivity contribution in [1.82, 2.24) is 9.97 Å². The van der Waals surface area contributed by atoms with Crippen LogP contribution in [0.1, 0.15) is 29.0 Å². The van der Waals surface area contributed by atoms with Crippen molar-refractivity contribution >= 4 is 35.1 Å². The zero-order valence-electron chi connectivity index (χ0n) is 16.9. The van der Waals surface area contributed by atoms with Crippen LogP contribution in [-0.4, -0.2) is 30.1 Å². The van der Waals surface area contributed by atoms with Crippen LogP contribution in [0.2, 0.25) is 5.02 Å². The van der Waals surface area contributed by atoms with Crippen LogP contribution < -0.4 is 20.3 Å². The number of carbonyl (C=O) groups excluding carboxylic acids is 1. The molecule has 160 valence electrons. The first-order valence-electron chi connectivity index (χ1n) is 9.51. The predicted octanol–water partition coefficient (Wildman–Crippen LogP) is 4.21. The summed E-state index contributed by atoms with van der Waals surface area (Å²) in [6.45, 7) is 0. The molecule has 1 aliphatic rings. The lowest BCUT2D eigenvalue weighted by molar-refractivity contribution is -0.116. The highest BCUT2D eigenvalue weighted by Crippen LogP contribution is 2.38. The molecular weight excluding hydrogens is 438 g/mol. The average Bonchev–Trinajstić information content (AvgIpc) is 2.76. The normalized spacial score (nSPS) is 15.2. The van der Waals surface area contributed by atoms with E-state index in [1.54, 1.807) is 32.4 Å². The summed E-state index contributed by atoms with van der Waals surface area (Å²) in [6, 6.07) is 12.9. The minimum atomic E-state index is -0.438. The summed E-state index contributed by atoms with van der Waals surface area (Å²) in [4.78, 5) is 32.7. The van der Waals surface area contributed by atoms with Crippen molar-refractivity contribution in [1.29, 1.82) is 0 Å². The number of hydrogen-bond acceptors (Lipinski definition) is 6. The maximum absolute atomic E-state index is 13.0. The number of halogens is 1. The molecule has 4 rings (SSSR count). The van der Waals surface area contributed by atoms with Gasteiger partial charge in [0.15, 0.2) is 16.7 Å². The molecule has 0 aliphatic carbocycles. The SMILES string of the molecule is COc1ccc(C2CC(=O)Nc3nc(SCc4cccc(Cl)c4)[nH]c(=O)c32)cc1OC. The van der Waals surface area contributed by atoms with Crippen LogP contribution >= 0.6 is 23.4 Å². The van der Waals surface area contributed by atoms with Crippen LogP contribution in [0.15, 0.2) is 52.4 Å². The number of amides is 1. The van der Waals surface area contributed by atoms with Gasteiger partial charge in [0.2, 0.25) is 5.91 Å². The fraction of sp³-hybridized carbons (Fsp3) is 0.227. The number of rotatable bonds is 6. The fourth-order valence-corrected chi connectivity index (χ4v) is 4.57. The number of ether oxygens (including phenoxy) is 2. The van der Waals surface area contributed by atoms with Crippen LogP contribution in [0, 0.1) is 0 Å². The molecule has 2 heterocycles. The van der Waals surface area contributed by atoms with Crippen LogP contribution in [0.4, 0.5) is 5.82 Å². The molecule has 1 aliphatic heterocycles. The summed E-state index contributed by atoms with van der Waals surface area (Å²) in [5.41, 5.74) is 1.93. The van der Waals surface area contributed by atoms with Crippen LogP contribution in [0.25, 0.3) is 0 Å². The minimum absolute atomic E-state index is 0.141. The van der Waals surface area contributed by atoms with Crippen molar-refractivity contribution in [3.63, 3.8) is 0 Å². The number of aromatic amines is 1. The molecule has 1 amide bonds. The molecule has 31 heavy (non-hydrogen) atoms. The molecule has 0 bridgehead atoms. The Bertz CT molecular complexity index is 1200. The maximum atomic E-state index is 13.0. The van der Waals surface area contributed by atoms with Crippen molar-refractivity contribution < 1.29 is 14.3 Å². The number of benzene rings is 2. The second-order valence-corrected chi connectivity index (χ2v) is 8.37. The van der Waals surface area contributed by atoms with Crippen molar-refractivity contribution in [2.24, 2.45) is 0 Å². The summed E-state index contributed by atoms with van der Waals surface area (Å²) in [5.74, 6) is 1.34. The van der Waals surface area contributed by atoms with Gasteiger partial charge in [-0.1, -0.05) is 41.6 Å². The molecular formula is C22H20ClN3O4S. The zero-order valence-corrected chi connectivity index (χ0v) is 18.5. The van der Waals surface area contributed by atoms with Gasteiger partial charge in [-0.05, 0) is 35.4 Å². The third-order valence-corrected chi connectivity index (χ3v) is 6.18. The Balaban J connectivity index is 1.66. The molecule has 0 saturated carbocycles. The molecule has 1 aromatic heterocycles. The van der Waals surface area contributed by atoms with E-state index >= 15 is 0 Å². The number of carbonyl (C=O) groups is 1. The Labute approximate surface area is 188 Å². The number of fused-ring (bicyclic) bond motifs is 1. The van der Waals surface area contributed by atoms with Gasteiger partial charge in [-0.2, -0.15) is 0 Å². The minimum Gasteiger partial charge on any atom is -0.493 e. The third-order valence-electron chi connectivity index (χ3n) is 5.00. The maximum Gasteiger partial charge on any atom is 0.257 e. The van der Waals surface area contributed by atoms with E-state index in [1.807, 2.05) is 24.3 Å². The molecule has 0 radical (unpaired) electrons. The van der Waals surface area contributed by atoms with Gasteiger partial charge in [0.1, 0.15) is 5.82 Å². The van der Waals surface area contributed by atoms with E-state index in [0.29, 0.717) is 33.0 Å². The van der Waals surface area contributed by atoms with Gasteiger partial charge >= 0.3 is 0 Å². The smallest absolute Gasteiger partial charge is 0.257 e. The van der Waals surface area contributed by atoms with Gasteiger partial charge < -0.3 is 19.8 Å². The molecule has 1 atom stereocenters. The highest BCUT2D eigenvalue weighted by atomic mass is 35.5. The molecule has 0 saturated heterocycles. The number of thioether (sulfide) groups is 1. The van der Waals surface area contributed by atoms with E-state index in [1.165, 1.54) is 11.8 Å². The van der Waals surface area contributed by atoms with E-state index in [0.717, 1.165) is 11.1 Å². The largest absolute Gasteiger partial charge is 0.493 e. The number of nitrogens with one attached hydrogen (secondary N) is 2. The van der Waals surface area contributed by atoms with Crippen molar-refractivity contribution in [2.45, 2.75) is 23.2 Å². The molecule has 0 fully saturated rings. The zero-order chi connectivity index (χ0) is 22.0. The van der Waals surface area contributed by atoms with E-state index in [-0.39, 0.29) is 23.7 Å². The molecule has 2 N–H and O–H groups in total. The highest BCUT2D eigenvalue weighted by molar-refractivity contribution is 7.98. The summed E-state index contributed by atoms with van der Waals surface area (Å²) in [7, 11) is 3.10. The molecule has 9 heteroatoms. The Morgan fingerprint density at radius 1 is 1.13 bits per heavy atom. The highest BCUT2D eigenvalue weighted by Gasteiger charge is 2.31. The average molecular weight is 458 g/mol. The van der Waals surface area contributed by atoms with Crippen molar-refractivity contribution in [3.05, 3.63) is 74.5 Å². The lowest BCUT2D eigenvalue weighted by Gasteiger charge is -2.25. The second-order valence-electron chi connectivity index (χ2n) is 6.97. The van der Waals surface area contributed by atoms with Crippen LogP contribution in [0.3, 0.4) is 0 Å². The van der Waals surface area contributed by atoms with E-state index in [9.17, 15) is 9.59 Å². The van der Waals surface area contributed by atoms with Gasteiger partial charge in [-0.15, -0.1) is 0 Å². The summed E-state index contributed by atoms with van der Waals surface area (Å²) >= 11 is 7.40. The number of nitrogens with zero attached hydrogens (tertiary/aromatic N) is 1. The van der Waals surface area contributed by atoms with Gasteiger partial charge in [-0.3, -0.25) is 9.59 Å². The van der Waals surface area contributed by atoms with E-state index < -0.39 is 5.92 Å². The Morgan fingerprint density at radius 2 is 1.94 bits per heavy atom. The first-order chi connectivity index (χ1) is 15.0. The van der Waals surface area contributed by atoms with Gasteiger partial charge in [0.05, 0.1) is 19.8 Å². The van der Waals surface area contributed by atoms with Crippen molar-refractivity contribution in [2.75, 3.05) is 19.5 Å². The Morgan fingerprint density at radius 3 is 2.68 bits per heavy atom. The standard InChI is InChI=1S/C22H20ClN3O4S/c1-29-16-7-6-13(9-17(16)30-2)15-10-18(27)24-20-19(15)21(28)26-22(25-20)31-11-12-4-3-5-14(23)8-12/h3-9,15H,10-11H2,1-2H3,(H2,24,25,26,27,28). The van der Waals surface area contributed by atoms with Crippen LogP contribution in [0.5, 0.6) is 11.5 Å². The monoisotopic (exact) mass is 457 g/mol. The first kappa shape index (κ1) is 21.3. The van der Waals surface area contributed by atoms with Crippen molar-refractivity contribution in [3.8, 4) is 11.5 Å². The summed E-state index contributed by atoms with van der Waals surface area (Å²) in [5, 5.41) is 3.81. The number of aromatic nitrogens is 2. The van der Waals surface area contributed by atoms with Gasteiger partial charge in [0, 0.05) is 23.1 Å². The second kappa shape index (κ2) is 9.03. The number of H-pyrrole nitrogens is 1. The van der Waals surface area contributed by atoms with E-state index in [2.05, 4.69) is 15.3 Å². The quantitative estimate of drug-likeness (QED) is 0.425. The fourth-order valence-electron chi connectivity index (χ4n) is 3.55. The summed E-state index contributed by atoms with van der Waals surface area (Å²) < 4.78 is 10.7. The molecule has 3 aromatic rings. The van der Waals surface area contributed by atoms with Crippen LogP contribution in [-0.2, 0) is 10.5 Å².